The van der Waals surface area contributed by atoms with Gasteiger partial charge in [-0.1, -0.05) is 0 Å². The second-order valence-electron chi connectivity index (χ2n) is 2.67. The molecule has 9 N–H and O–H groups in total. The van der Waals surface area contributed by atoms with Crippen molar-refractivity contribution in [3.05, 3.63) is 0 Å². The van der Waals surface area contributed by atoms with Gasteiger partial charge < -0.3 is 15.9 Å². The summed E-state index contributed by atoms with van der Waals surface area (Å²) in [4.78, 5) is 12.7. The first-order valence-electron chi connectivity index (χ1n) is 3.71. The average molecular weight is 191 g/mol. The van der Waals surface area contributed by atoms with Crippen LogP contribution in [0, 0.1) is 0 Å². The third-order valence-electron chi connectivity index (χ3n) is 1.39. The number of rotatable bonds is 5. The molecule has 7 nitrogen and oxygen atoms in total. The van der Waals surface area contributed by atoms with Gasteiger partial charge >= 0.3 is 11.9 Å². The summed E-state index contributed by atoms with van der Waals surface area (Å²) in [5.41, 5.74) is 15.3. The van der Waals surface area contributed by atoms with E-state index in [0.29, 0.717) is 0 Å². The van der Waals surface area contributed by atoms with Crippen molar-refractivity contribution in [3.63, 3.8) is 0 Å². The number of aliphatic hydroxyl groups is 1. The maximum Gasteiger partial charge on any atom is 0.338 e. The van der Waals surface area contributed by atoms with E-state index in [1.165, 1.54) is 0 Å². The second-order valence-corrected chi connectivity index (χ2v) is 2.67. The zero-order chi connectivity index (χ0) is 10.4. The Bertz CT molecular complexity index is 202. The molecule has 7 heteroatoms. The monoisotopic (exact) mass is 191 g/mol. The molecule has 0 amide bonds. The minimum Gasteiger partial charge on any atom is -0.480 e. The first-order valence-corrected chi connectivity index (χ1v) is 3.71. The number of hydrogen-bond donors (Lipinski definition) is 6. The number of carboxylic acid groups (broad SMARTS) is 1. The number of nitrogens with two attached hydrogens (primary N) is 3. The minimum absolute atomic E-state index is 0.0250. The summed E-state index contributed by atoms with van der Waals surface area (Å²) in [6.07, 6.45) is -0.927. The van der Waals surface area contributed by atoms with Crippen LogP contribution >= 0.6 is 0 Å². The van der Waals surface area contributed by atoms with Crippen LogP contribution in [0.15, 0.2) is 0 Å². The molecular formula is C6H15N4O3+. The van der Waals surface area contributed by atoms with Crippen LogP contribution in [-0.2, 0) is 4.79 Å². The second kappa shape index (κ2) is 5.33. The minimum atomic E-state index is -1.15. The normalized spacial score (nSPS) is 14.6. The SMILES string of the molecule is NC(N)=[NH+]CC(O)CC(N)C(=O)O. The van der Waals surface area contributed by atoms with E-state index in [0.717, 1.165) is 0 Å². The van der Waals surface area contributed by atoms with Gasteiger partial charge in [0.05, 0.1) is 12.6 Å². The van der Waals surface area contributed by atoms with E-state index in [2.05, 4.69) is 4.99 Å². The number of hydrogen-bond acceptors (Lipinski definition) is 3. The fraction of sp³-hybridized carbons (Fsp3) is 0.667. The van der Waals surface area contributed by atoms with E-state index < -0.39 is 18.1 Å². The van der Waals surface area contributed by atoms with Crippen LogP contribution < -0.4 is 22.2 Å². The summed E-state index contributed by atoms with van der Waals surface area (Å²) < 4.78 is 0. The van der Waals surface area contributed by atoms with Crippen LogP contribution in [0.5, 0.6) is 0 Å². The van der Waals surface area contributed by atoms with E-state index in [4.69, 9.17) is 22.3 Å². The predicted molar refractivity (Wildman–Crippen MR) is 45.4 cm³/mol. The van der Waals surface area contributed by atoms with E-state index in [1.807, 2.05) is 0 Å². The third kappa shape index (κ3) is 5.88. The molecule has 0 saturated carbocycles. The Morgan fingerprint density at radius 3 is 2.38 bits per heavy atom. The van der Waals surface area contributed by atoms with E-state index >= 15 is 0 Å². The van der Waals surface area contributed by atoms with Crippen molar-refractivity contribution in [1.82, 2.24) is 0 Å². The number of aliphatic hydroxyl groups excluding tert-OH is 1. The molecule has 0 saturated heterocycles. The van der Waals surface area contributed by atoms with Crippen molar-refractivity contribution < 1.29 is 20.0 Å². The Morgan fingerprint density at radius 1 is 1.46 bits per heavy atom. The molecule has 0 aromatic rings. The van der Waals surface area contributed by atoms with Crippen molar-refractivity contribution >= 4 is 11.9 Å². The van der Waals surface area contributed by atoms with Crippen molar-refractivity contribution in [1.29, 1.82) is 0 Å². The lowest BCUT2D eigenvalue weighted by molar-refractivity contribution is -0.471. The van der Waals surface area contributed by atoms with E-state index in [9.17, 15) is 9.90 Å². The summed E-state index contributed by atoms with van der Waals surface area (Å²) in [5.74, 6) is -1.17. The maximum atomic E-state index is 10.3. The molecular weight excluding hydrogens is 176 g/mol. The first kappa shape index (κ1) is 11.7. The zero-order valence-electron chi connectivity index (χ0n) is 7.10. The van der Waals surface area contributed by atoms with Crippen molar-refractivity contribution in [2.75, 3.05) is 6.54 Å². The molecule has 2 atom stereocenters. The van der Waals surface area contributed by atoms with Gasteiger partial charge in [-0.25, -0.2) is 0 Å². The Morgan fingerprint density at radius 2 is 2.00 bits per heavy atom. The van der Waals surface area contributed by atoms with Gasteiger partial charge in [-0.15, -0.1) is 0 Å². The molecule has 0 spiro atoms. The lowest BCUT2D eigenvalue weighted by Gasteiger charge is -2.09. The summed E-state index contributed by atoms with van der Waals surface area (Å²) in [7, 11) is 0. The third-order valence-corrected chi connectivity index (χ3v) is 1.39. The highest BCUT2D eigenvalue weighted by Gasteiger charge is 2.16. The van der Waals surface area contributed by atoms with Crippen LogP contribution in [0.4, 0.5) is 0 Å². The largest absolute Gasteiger partial charge is 0.480 e. The number of carboxylic acids is 1. The van der Waals surface area contributed by atoms with Gasteiger partial charge in [-0.2, -0.15) is 0 Å². The number of nitrogens with one attached hydrogen (secondary N) is 1. The molecule has 2 unspecified atom stereocenters. The zero-order valence-corrected chi connectivity index (χ0v) is 7.10. The summed E-state index contributed by atoms with van der Waals surface area (Å²) in [6.45, 7) is 0.0866. The van der Waals surface area contributed by atoms with Gasteiger partial charge in [-0.3, -0.25) is 21.3 Å². The van der Waals surface area contributed by atoms with Gasteiger partial charge in [0.15, 0.2) is 0 Å². The maximum absolute atomic E-state index is 10.3. The van der Waals surface area contributed by atoms with Crippen molar-refractivity contribution in [3.8, 4) is 0 Å². The van der Waals surface area contributed by atoms with Crippen LogP contribution in [0.25, 0.3) is 0 Å². The number of aliphatic carboxylic acids is 1. The topological polar surface area (TPSA) is 150 Å². The Hall–Kier alpha value is -1.34. The van der Waals surface area contributed by atoms with Gasteiger partial charge in [0.1, 0.15) is 6.04 Å². The Kier molecular flexibility index (Phi) is 4.78. The molecule has 0 aromatic carbocycles. The van der Waals surface area contributed by atoms with E-state index in [1.54, 1.807) is 0 Å². The quantitative estimate of drug-likeness (QED) is 0.190. The Labute approximate surface area is 75.2 Å². The highest BCUT2D eigenvalue weighted by Crippen LogP contribution is 1.93. The number of carbonyl (C=O) groups is 1. The number of guanidine groups is 1. The molecule has 0 fully saturated rings. The average Bonchev–Trinajstić information content (AvgIpc) is 2.00. The lowest BCUT2D eigenvalue weighted by Crippen LogP contribution is -2.80. The highest BCUT2D eigenvalue weighted by molar-refractivity contribution is 5.73. The predicted octanol–water partition coefficient (Wildman–Crippen LogP) is -4.50. The van der Waals surface area contributed by atoms with Crippen LogP contribution in [0.3, 0.4) is 0 Å². The fourth-order valence-electron chi connectivity index (χ4n) is 0.713. The lowest BCUT2D eigenvalue weighted by atomic mass is 10.1. The molecule has 76 valence electrons. The van der Waals surface area contributed by atoms with Crippen LogP contribution in [0.1, 0.15) is 6.42 Å². The standard InChI is InChI=1S/C6H14N4O3/c7-4(5(12)13)1-3(11)2-10-6(8)9/h3-4,11H,1-2,7H2,(H,12,13)(H4,8,9,10)/p+1. The summed E-state index contributed by atoms with van der Waals surface area (Å²) in [6, 6.07) is -1.07. The molecule has 13 heavy (non-hydrogen) atoms. The van der Waals surface area contributed by atoms with Crippen molar-refractivity contribution in [2.24, 2.45) is 17.2 Å². The van der Waals surface area contributed by atoms with Crippen LogP contribution in [0.2, 0.25) is 0 Å². The van der Waals surface area contributed by atoms with Gasteiger partial charge in [0.25, 0.3) is 0 Å². The molecule has 0 heterocycles. The molecule has 0 aliphatic heterocycles. The van der Waals surface area contributed by atoms with Gasteiger partial charge in [0.2, 0.25) is 0 Å². The molecule has 0 bridgehead atoms. The fourth-order valence-corrected chi connectivity index (χ4v) is 0.713. The van der Waals surface area contributed by atoms with Gasteiger partial charge in [0, 0.05) is 6.42 Å². The van der Waals surface area contributed by atoms with Crippen LogP contribution in [-0.4, -0.2) is 40.8 Å². The molecule has 0 aliphatic carbocycles. The summed E-state index contributed by atoms with van der Waals surface area (Å²) >= 11 is 0. The smallest absolute Gasteiger partial charge is 0.338 e. The molecule has 0 aromatic heterocycles. The van der Waals surface area contributed by atoms with E-state index in [-0.39, 0.29) is 18.9 Å². The first-order chi connectivity index (χ1) is 5.93. The Balaban J connectivity index is 3.80. The van der Waals surface area contributed by atoms with Gasteiger partial charge in [-0.05, 0) is 0 Å². The van der Waals surface area contributed by atoms with Crippen molar-refractivity contribution in [2.45, 2.75) is 18.6 Å². The molecule has 0 radical (unpaired) electrons. The molecule has 0 aliphatic rings. The highest BCUT2D eigenvalue weighted by atomic mass is 16.4. The summed E-state index contributed by atoms with van der Waals surface area (Å²) in [5, 5.41) is 17.6. The molecule has 0 rings (SSSR count).